The molecule has 0 aliphatic carbocycles. The molecule has 0 saturated heterocycles. The molecule has 0 bridgehead atoms. The van der Waals surface area contributed by atoms with Crippen molar-refractivity contribution in [2.75, 3.05) is 6.79 Å². The maximum atomic E-state index is 11.9. The molecule has 2 amide bonds. The summed E-state index contributed by atoms with van der Waals surface area (Å²) in [6, 6.07) is 6.37. The zero-order valence-electron chi connectivity index (χ0n) is 10.6. The molecule has 2 aromatic rings. The fourth-order valence-electron chi connectivity index (χ4n) is 1.79. The Morgan fingerprint density at radius 3 is 2.62 bits per heavy atom. The average Bonchev–Trinajstić information content (AvgIpc) is 3.12. The van der Waals surface area contributed by atoms with Crippen LogP contribution < -0.4 is 20.3 Å². The Bertz CT molecular complexity index is 713. The van der Waals surface area contributed by atoms with Crippen LogP contribution in [0, 0.1) is 0 Å². The molecule has 0 unspecified atom stereocenters. The highest BCUT2D eigenvalue weighted by molar-refractivity contribution is 9.10. The normalized spacial score (nSPS) is 12.0. The Kier molecular flexibility index (Phi) is 3.53. The predicted octanol–water partition coefficient (Wildman–Crippen LogP) is 1.58. The maximum Gasteiger partial charge on any atom is 0.286 e. The van der Waals surface area contributed by atoms with E-state index >= 15 is 0 Å². The lowest BCUT2D eigenvalue weighted by molar-refractivity contribution is 0.0844. The quantitative estimate of drug-likeness (QED) is 0.716. The summed E-state index contributed by atoms with van der Waals surface area (Å²) in [6.45, 7) is 0.138. The van der Waals surface area contributed by atoms with Crippen molar-refractivity contribution in [2.24, 2.45) is 0 Å². The Labute approximate surface area is 127 Å². The summed E-state index contributed by atoms with van der Waals surface area (Å²) in [4.78, 5) is 26.5. The number of carbonyl (C=O) groups is 2. The molecule has 0 fully saturated rings. The number of aromatic amines is 1. The first-order valence-electron chi connectivity index (χ1n) is 5.98. The van der Waals surface area contributed by atoms with Crippen LogP contribution in [0.3, 0.4) is 0 Å². The Morgan fingerprint density at radius 1 is 1.10 bits per heavy atom. The van der Waals surface area contributed by atoms with Gasteiger partial charge < -0.3 is 14.5 Å². The van der Waals surface area contributed by atoms with Crippen LogP contribution in [-0.2, 0) is 0 Å². The second-order valence-electron chi connectivity index (χ2n) is 4.21. The summed E-state index contributed by atoms with van der Waals surface area (Å²) in [7, 11) is 0. The van der Waals surface area contributed by atoms with E-state index in [4.69, 9.17) is 9.47 Å². The molecule has 0 spiro atoms. The van der Waals surface area contributed by atoms with Crippen LogP contribution in [0.15, 0.2) is 34.9 Å². The summed E-state index contributed by atoms with van der Waals surface area (Å²) >= 11 is 3.22. The Hall–Kier alpha value is -2.48. The minimum atomic E-state index is -0.452. The fourth-order valence-corrected chi connectivity index (χ4v) is 2.13. The SMILES string of the molecule is O=C(NNC(=O)c1cc(Br)c[nH]1)c1ccc2c(c1)OCO2. The molecule has 1 aliphatic heterocycles. The molecule has 0 saturated carbocycles. The zero-order valence-corrected chi connectivity index (χ0v) is 12.2. The van der Waals surface area contributed by atoms with Crippen LogP contribution in [0.25, 0.3) is 0 Å². The molecule has 2 heterocycles. The van der Waals surface area contributed by atoms with Crippen LogP contribution in [0.1, 0.15) is 20.8 Å². The fraction of sp³-hybridized carbons (Fsp3) is 0.0769. The largest absolute Gasteiger partial charge is 0.454 e. The molecule has 8 heteroatoms. The molecule has 108 valence electrons. The summed E-state index contributed by atoms with van der Waals surface area (Å²) in [5.41, 5.74) is 5.32. The van der Waals surface area contributed by atoms with Crippen molar-refractivity contribution < 1.29 is 19.1 Å². The second kappa shape index (κ2) is 5.49. The van der Waals surface area contributed by atoms with Gasteiger partial charge in [-0.1, -0.05) is 0 Å². The minimum Gasteiger partial charge on any atom is -0.454 e. The molecule has 7 nitrogen and oxygen atoms in total. The van der Waals surface area contributed by atoms with Gasteiger partial charge >= 0.3 is 0 Å². The van der Waals surface area contributed by atoms with Gasteiger partial charge in [0, 0.05) is 16.2 Å². The lowest BCUT2D eigenvalue weighted by Gasteiger charge is -2.07. The number of fused-ring (bicyclic) bond motifs is 1. The third-order valence-corrected chi connectivity index (χ3v) is 3.27. The molecular formula is C13H10BrN3O4. The van der Waals surface area contributed by atoms with E-state index < -0.39 is 11.8 Å². The minimum absolute atomic E-state index is 0.138. The van der Waals surface area contributed by atoms with Gasteiger partial charge in [-0.05, 0) is 40.2 Å². The van der Waals surface area contributed by atoms with Crippen molar-refractivity contribution in [3.63, 3.8) is 0 Å². The standard InChI is InChI=1S/C13H10BrN3O4/c14-8-4-9(15-5-8)13(19)17-16-12(18)7-1-2-10-11(3-7)21-6-20-10/h1-5,15H,6H2,(H,16,18)(H,17,19). The molecule has 3 N–H and O–H groups in total. The van der Waals surface area contributed by atoms with Crippen molar-refractivity contribution in [1.29, 1.82) is 0 Å². The number of nitrogens with one attached hydrogen (secondary N) is 3. The van der Waals surface area contributed by atoms with Gasteiger partial charge in [-0.3, -0.25) is 20.4 Å². The van der Waals surface area contributed by atoms with E-state index in [0.717, 1.165) is 4.47 Å². The summed E-state index contributed by atoms with van der Waals surface area (Å²) in [5, 5.41) is 0. The monoisotopic (exact) mass is 351 g/mol. The van der Waals surface area contributed by atoms with E-state index in [2.05, 4.69) is 31.8 Å². The number of hydrogen-bond acceptors (Lipinski definition) is 4. The van der Waals surface area contributed by atoms with Gasteiger partial charge in [-0.15, -0.1) is 0 Å². The number of hydrazine groups is 1. The number of carbonyl (C=O) groups excluding carboxylic acids is 2. The highest BCUT2D eigenvalue weighted by Gasteiger charge is 2.16. The smallest absolute Gasteiger partial charge is 0.286 e. The van der Waals surface area contributed by atoms with Crippen LogP contribution in [-0.4, -0.2) is 23.6 Å². The molecule has 1 aromatic heterocycles. The number of H-pyrrole nitrogens is 1. The lowest BCUT2D eigenvalue weighted by atomic mass is 10.2. The second-order valence-corrected chi connectivity index (χ2v) is 5.12. The molecule has 21 heavy (non-hydrogen) atoms. The third kappa shape index (κ3) is 2.84. The number of amides is 2. The van der Waals surface area contributed by atoms with Crippen molar-refractivity contribution in [3.8, 4) is 11.5 Å². The number of rotatable bonds is 2. The first kappa shape index (κ1) is 13.5. The Balaban J connectivity index is 1.63. The van der Waals surface area contributed by atoms with Crippen LogP contribution in [0.4, 0.5) is 0 Å². The predicted molar refractivity (Wildman–Crippen MR) is 76.0 cm³/mol. The van der Waals surface area contributed by atoms with Crippen molar-refractivity contribution in [2.45, 2.75) is 0 Å². The third-order valence-electron chi connectivity index (χ3n) is 2.82. The van der Waals surface area contributed by atoms with Crippen molar-refractivity contribution >= 4 is 27.7 Å². The van der Waals surface area contributed by atoms with Crippen molar-refractivity contribution in [3.05, 3.63) is 46.2 Å². The van der Waals surface area contributed by atoms with E-state index in [1.165, 1.54) is 0 Å². The molecule has 0 atom stereocenters. The van der Waals surface area contributed by atoms with Gasteiger partial charge in [0.2, 0.25) is 6.79 Å². The van der Waals surface area contributed by atoms with E-state index in [0.29, 0.717) is 22.8 Å². The van der Waals surface area contributed by atoms with Gasteiger partial charge in [0.05, 0.1) is 0 Å². The number of halogens is 1. The van der Waals surface area contributed by atoms with Gasteiger partial charge in [0.15, 0.2) is 11.5 Å². The molecule has 3 rings (SSSR count). The van der Waals surface area contributed by atoms with E-state index in [1.807, 2.05) is 0 Å². The number of benzene rings is 1. The first-order chi connectivity index (χ1) is 10.1. The summed E-state index contributed by atoms with van der Waals surface area (Å²) in [5.74, 6) is 0.191. The van der Waals surface area contributed by atoms with Gasteiger partial charge in [0.25, 0.3) is 11.8 Å². The zero-order chi connectivity index (χ0) is 14.8. The summed E-state index contributed by atoms with van der Waals surface area (Å²) < 4.78 is 11.1. The highest BCUT2D eigenvalue weighted by atomic mass is 79.9. The van der Waals surface area contributed by atoms with E-state index in [-0.39, 0.29) is 6.79 Å². The molecule has 0 radical (unpaired) electrons. The Morgan fingerprint density at radius 2 is 1.86 bits per heavy atom. The van der Waals surface area contributed by atoms with E-state index in [1.54, 1.807) is 30.5 Å². The van der Waals surface area contributed by atoms with Crippen molar-refractivity contribution in [1.82, 2.24) is 15.8 Å². The molecule has 1 aliphatic rings. The average molecular weight is 352 g/mol. The van der Waals surface area contributed by atoms with Crippen LogP contribution in [0.2, 0.25) is 0 Å². The number of ether oxygens (including phenoxy) is 2. The summed E-state index contributed by atoms with van der Waals surface area (Å²) in [6.07, 6.45) is 1.62. The van der Waals surface area contributed by atoms with Gasteiger partial charge in [-0.2, -0.15) is 0 Å². The van der Waals surface area contributed by atoms with Gasteiger partial charge in [-0.25, -0.2) is 0 Å². The first-order valence-corrected chi connectivity index (χ1v) is 6.77. The highest BCUT2D eigenvalue weighted by Crippen LogP contribution is 2.32. The van der Waals surface area contributed by atoms with Crippen LogP contribution >= 0.6 is 15.9 Å². The number of hydrogen-bond donors (Lipinski definition) is 3. The maximum absolute atomic E-state index is 11.9. The topological polar surface area (TPSA) is 92.5 Å². The van der Waals surface area contributed by atoms with Crippen LogP contribution in [0.5, 0.6) is 11.5 Å². The van der Waals surface area contributed by atoms with E-state index in [9.17, 15) is 9.59 Å². The molecular weight excluding hydrogens is 342 g/mol. The number of aromatic nitrogens is 1. The lowest BCUT2D eigenvalue weighted by Crippen LogP contribution is -2.41. The molecule has 1 aromatic carbocycles. The van der Waals surface area contributed by atoms with Gasteiger partial charge in [0.1, 0.15) is 5.69 Å².